The number of fused-ring (bicyclic) bond motifs is 1. The highest BCUT2D eigenvalue weighted by Gasteiger charge is 2.19. The Morgan fingerprint density at radius 1 is 1.23 bits per heavy atom. The van der Waals surface area contributed by atoms with Crippen molar-refractivity contribution in [1.29, 1.82) is 0 Å². The third kappa shape index (κ3) is 3.94. The number of nitrogens with zero attached hydrogens (tertiary/aromatic N) is 2. The monoisotopic (exact) mass is 366 g/mol. The zero-order chi connectivity index (χ0) is 18.5. The van der Waals surface area contributed by atoms with Gasteiger partial charge in [-0.2, -0.15) is 0 Å². The standard InChI is InChI=1S/C21H22N2O2S/c1-4-25-18-11-7-5-9-16(18)13-14-20(24)23(3)15(2)21-22-17-10-6-8-12-19(17)26-21/h5-15H,4H2,1-3H3/b14-13+/t15-/m1/s1. The van der Waals surface area contributed by atoms with Crippen molar-refractivity contribution in [3.05, 3.63) is 65.2 Å². The van der Waals surface area contributed by atoms with Crippen LogP contribution in [0.3, 0.4) is 0 Å². The molecule has 0 N–H and O–H groups in total. The van der Waals surface area contributed by atoms with E-state index < -0.39 is 0 Å². The van der Waals surface area contributed by atoms with Gasteiger partial charge in [0.25, 0.3) is 0 Å². The van der Waals surface area contributed by atoms with Crippen molar-refractivity contribution in [2.24, 2.45) is 0 Å². The lowest BCUT2D eigenvalue weighted by molar-refractivity contribution is -0.126. The molecule has 1 aromatic heterocycles. The van der Waals surface area contributed by atoms with E-state index in [1.807, 2.05) is 56.3 Å². The van der Waals surface area contributed by atoms with E-state index in [0.29, 0.717) is 6.61 Å². The van der Waals surface area contributed by atoms with E-state index in [4.69, 9.17) is 4.74 Å². The molecule has 0 aliphatic heterocycles. The highest BCUT2D eigenvalue weighted by atomic mass is 32.1. The van der Waals surface area contributed by atoms with Crippen LogP contribution in [0.5, 0.6) is 5.75 Å². The minimum Gasteiger partial charge on any atom is -0.493 e. The first-order chi connectivity index (χ1) is 12.6. The van der Waals surface area contributed by atoms with Gasteiger partial charge in [0.05, 0.1) is 22.9 Å². The molecule has 0 aliphatic carbocycles. The van der Waals surface area contributed by atoms with Gasteiger partial charge in [0.2, 0.25) is 5.91 Å². The van der Waals surface area contributed by atoms with E-state index in [1.165, 1.54) is 0 Å². The van der Waals surface area contributed by atoms with Crippen LogP contribution in [0.15, 0.2) is 54.6 Å². The molecule has 0 spiro atoms. The number of likely N-dealkylation sites (N-methyl/N-ethyl adjacent to an activating group) is 1. The van der Waals surface area contributed by atoms with E-state index in [0.717, 1.165) is 26.5 Å². The second-order valence-corrected chi connectivity index (χ2v) is 7.01. The Morgan fingerprint density at radius 3 is 2.73 bits per heavy atom. The zero-order valence-corrected chi connectivity index (χ0v) is 16.0. The molecule has 0 unspecified atom stereocenters. The van der Waals surface area contributed by atoms with Gasteiger partial charge < -0.3 is 9.64 Å². The number of ether oxygens (including phenoxy) is 1. The van der Waals surface area contributed by atoms with Gasteiger partial charge in [-0.1, -0.05) is 30.3 Å². The second kappa shape index (κ2) is 8.15. The van der Waals surface area contributed by atoms with Crippen molar-refractivity contribution < 1.29 is 9.53 Å². The van der Waals surface area contributed by atoms with Crippen LogP contribution in [0.4, 0.5) is 0 Å². The largest absolute Gasteiger partial charge is 0.493 e. The zero-order valence-electron chi connectivity index (χ0n) is 15.2. The third-order valence-electron chi connectivity index (χ3n) is 4.22. The molecule has 26 heavy (non-hydrogen) atoms. The van der Waals surface area contributed by atoms with Gasteiger partial charge >= 0.3 is 0 Å². The quantitative estimate of drug-likeness (QED) is 0.581. The van der Waals surface area contributed by atoms with Gasteiger partial charge in [-0.05, 0) is 38.1 Å². The Bertz CT molecular complexity index is 899. The van der Waals surface area contributed by atoms with Crippen molar-refractivity contribution in [2.75, 3.05) is 13.7 Å². The molecule has 0 aliphatic rings. The molecule has 2 aromatic carbocycles. The first-order valence-electron chi connectivity index (χ1n) is 8.62. The molecular formula is C21H22N2O2S. The molecule has 0 radical (unpaired) electrons. The van der Waals surface area contributed by atoms with E-state index in [2.05, 4.69) is 11.1 Å². The van der Waals surface area contributed by atoms with Crippen LogP contribution in [-0.4, -0.2) is 29.4 Å². The average molecular weight is 366 g/mol. The number of carbonyl (C=O) groups excluding carboxylic acids is 1. The number of carbonyl (C=O) groups is 1. The summed E-state index contributed by atoms with van der Waals surface area (Å²) in [5.74, 6) is 0.712. The fraction of sp³-hybridized carbons (Fsp3) is 0.238. The number of hydrogen-bond donors (Lipinski definition) is 0. The number of para-hydroxylation sites is 2. The number of aromatic nitrogens is 1. The van der Waals surface area contributed by atoms with Gasteiger partial charge in [-0.15, -0.1) is 11.3 Å². The van der Waals surface area contributed by atoms with Crippen LogP contribution in [0.25, 0.3) is 16.3 Å². The molecule has 1 amide bonds. The van der Waals surface area contributed by atoms with Crippen molar-refractivity contribution in [1.82, 2.24) is 9.88 Å². The van der Waals surface area contributed by atoms with Gasteiger partial charge in [-0.3, -0.25) is 4.79 Å². The van der Waals surface area contributed by atoms with Crippen molar-refractivity contribution in [3.8, 4) is 5.75 Å². The summed E-state index contributed by atoms with van der Waals surface area (Å²) in [7, 11) is 1.80. The van der Waals surface area contributed by atoms with E-state index >= 15 is 0 Å². The van der Waals surface area contributed by atoms with Crippen LogP contribution in [0, 0.1) is 0 Å². The number of thiazole rings is 1. The molecule has 1 atom stereocenters. The van der Waals surface area contributed by atoms with Gasteiger partial charge in [0.1, 0.15) is 10.8 Å². The minimum atomic E-state index is -0.0910. The third-order valence-corrected chi connectivity index (χ3v) is 5.43. The summed E-state index contributed by atoms with van der Waals surface area (Å²) in [5, 5.41) is 0.935. The summed E-state index contributed by atoms with van der Waals surface area (Å²) >= 11 is 1.63. The fourth-order valence-electron chi connectivity index (χ4n) is 2.61. The molecule has 0 fully saturated rings. The predicted molar refractivity (Wildman–Crippen MR) is 107 cm³/mol. The smallest absolute Gasteiger partial charge is 0.246 e. The molecular weight excluding hydrogens is 344 g/mol. The lowest BCUT2D eigenvalue weighted by atomic mass is 10.2. The Kier molecular flexibility index (Phi) is 5.68. The van der Waals surface area contributed by atoms with Crippen LogP contribution in [0.2, 0.25) is 0 Å². The molecule has 4 nitrogen and oxygen atoms in total. The number of benzene rings is 2. The average Bonchev–Trinajstić information content (AvgIpc) is 3.10. The molecule has 3 rings (SSSR count). The van der Waals surface area contributed by atoms with E-state index in [-0.39, 0.29) is 11.9 Å². The first-order valence-corrected chi connectivity index (χ1v) is 9.44. The number of amides is 1. The van der Waals surface area contributed by atoms with Gasteiger partial charge in [0.15, 0.2) is 0 Å². The SMILES string of the molecule is CCOc1ccccc1/C=C/C(=O)N(C)[C@H](C)c1nc2ccccc2s1. The Labute approximate surface area is 157 Å². The van der Waals surface area contributed by atoms with Crippen LogP contribution in [-0.2, 0) is 4.79 Å². The maximum absolute atomic E-state index is 12.6. The lowest BCUT2D eigenvalue weighted by Crippen LogP contribution is -2.27. The van der Waals surface area contributed by atoms with Crippen molar-refractivity contribution in [2.45, 2.75) is 19.9 Å². The minimum absolute atomic E-state index is 0.0666. The van der Waals surface area contributed by atoms with Gasteiger partial charge in [0, 0.05) is 18.7 Å². The van der Waals surface area contributed by atoms with E-state index in [9.17, 15) is 4.79 Å². The fourth-order valence-corrected chi connectivity index (χ4v) is 3.67. The Hall–Kier alpha value is -2.66. The molecule has 0 saturated carbocycles. The number of rotatable bonds is 6. The van der Waals surface area contributed by atoms with Gasteiger partial charge in [-0.25, -0.2) is 4.98 Å². The summed E-state index contributed by atoms with van der Waals surface area (Å²) < 4.78 is 6.73. The second-order valence-electron chi connectivity index (χ2n) is 5.95. The van der Waals surface area contributed by atoms with E-state index in [1.54, 1.807) is 35.4 Å². The van der Waals surface area contributed by atoms with Crippen LogP contribution < -0.4 is 4.74 Å². The maximum atomic E-state index is 12.6. The number of hydrogen-bond acceptors (Lipinski definition) is 4. The van der Waals surface area contributed by atoms with Crippen LogP contribution >= 0.6 is 11.3 Å². The molecule has 1 heterocycles. The summed E-state index contributed by atoms with van der Waals surface area (Å²) in [6.45, 7) is 4.53. The first kappa shape index (κ1) is 18.1. The molecule has 0 bridgehead atoms. The summed E-state index contributed by atoms with van der Waals surface area (Å²) in [6.07, 6.45) is 3.39. The summed E-state index contributed by atoms with van der Waals surface area (Å²) in [6, 6.07) is 15.6. The summed E-state index contributed by atoms with van der Waals surface area (Å²) in [5.41, 5.74) is 1.87. The predicted octanol–water partition coefficient (Wildman–Crippen LogP) is 4.93. The summed E-state index contributed by atoms with van der Waals surface area (Å²) in [4.78, 5) is 18.9. The molecule has 0 saturated heterocycles. The maximum Gasteiger partial charge on any atom is 0.246 e. The molecule has 5 heteroatoms. The molecule has 134 valence electrons. The van der Waals surface area contributed by atoms with Crippen LogP contribution in [0.1, 0.15) is 30.5 Å². The normalized spacial score (nSPS) is 12.4. The highest BCUT2D eigenvalue weighted by Crippen LogP contribution is 2.29. The lowest BCUT2D eigenvalue weighted by Gasteiger charge is -2.21. The highest BCUT2D eigenvalue weighted by molar-refractivity contribution is 7.18. The van der Waals surface area contributed by atoms with Crippen molar-refractivity contribution >= 4 is 33.5 Å². The Morgan fingerprint density at radius 2 is 1.96 bits per heavy atom. The molecule has 3 aromatic rings. The van der Waals surface area contributed by atoms with Crippen molar-refractivity contribution in [3.63, 3.8) is 0 Å². The Balaban J connectivity index is 1.74. The topological polar surface area (TPSA) is 42.4 Å².